The highest BCUT2D eigenvalue weighted by atomic mass is 16.3. The van der Waals surface area contributed by atoms with Gasteiger partial charge in [-0.25, -0.2) is 0 Å². The molecule has 4 aromatic heterocycles. The van der Waals surface area contributed by atoms with Crippen LogP contribution in [0.5, 0.6) is 0 Å². The summed E-state index contributed by atoms with van der Waals surface area (Å²) in [6.07, 6.45) is 17.6. The van der Waals surface area contributed by atoms with Gasteiger partial charge < -0.3 is 18.5 Å². The van der Waals surface area contributed by atoms with Crippen LogP contribution in [0.1, 0.15) is 220 Å². The molecule has 388 valence electrons. The van der Waals surface area contributed by atoms with Crippen molar-refractivity contribution in [3.8, 4) is 0 Å². The molecule has 1 fully saturated rings. The SMILES string of the molecule is CC(C)C(C)C.CC(C)N1CCCCC1.CC(C)c1ccccc1.CC(C)n1cccc1.CC(C)n1cccn1.CCc1ccc(C(C)C)cc1.Cc1ccc(C(C)C)o1.Cc1ccn(C(C)C)c1. The third-order valence-electron chi connectivity index (χ3n) is 12.0. The molecular formula is C63H105N5O. The van der Waals surface area contributed by atoms with Crippen molar-refractivity contribution < 1.29 is 4.42 Å². The topological polar surface area (TPSA) is 44.1 Å². The lowest BCUT2D eigenvalue weighted by Crippen LogP contribution is -2.35. The molecule has 5 heterocycles. The molecule has 1 aliphatic heterocycles. The summed E-state index contributed by atoms with van der Waals surface area (Å²) in [5, 5.41) is 4.03. The Morgan fingerprint density at radius 1 is 0.478 bits per heavy atom. The zero-order valence-corrected chi connectivity index (χ0v) is 48.2. The van der Waals surface area contributed by atoms with E-state index < -0.39 is 0 Å². The van der Waals surface area contributed by atoms with Gasteiger partial charge in [-0.05, 0) is 184 Å². The normalized spacial score (nSPS) is 12.1. The third kappa shape index (κ3) is 31.3. The summed E-state index contributed by atoms with van der Waals surface area (Å²) in [5.41, 5.74) is 5.61. The fourth-order valence-electron chi connectivity index (χ4n) is 6.30. The molecule has 6 heteroatoms. The van der Waals surface area contributed by atoms with E-state index in [1.165, 1.54) is 54.6 Å². The van der Waals surface area contributed by atoms with Gasteiger partial charge in [0.05, 0.1) is 0 Å². The van der Waals surface area contributed by atoms with Gasteiger partial charge in [0.2, 0.25) is 0 Å². The predicted octanol–water partition coefficient (Wildman–Crippen LogP) is 19.0. The molecule has 6 aromatic rings. The quantitative estimate of drug-likeness (QED) is 0.145. The standard InChI is InChI=1S/C11H16.C9H12.C8H13N.C8H17N.C8H12O.C7H11N.C6H10N2.C6H14/c1-4-10-5-7-11(8-6-10)9(2)3;1-8(2)9-6-4-3-5-7-9;1-7(2)9-5-4-8(3)6-9;1-8(2)9-6-4-3-5-7-9;1-6(2)8-5-4-7(3)9-8;1-7(2)8-5-3-4-6-8;1-6(2)8-5-3-4-7-8;1-5(2)6(3)4/h5-9H,4H2,1-3H3;3-8H,1-2H3;4-7H,1-3H3;8H,3-7H2,1-2H3;4-6H,1-3H3;3-7H,1-2H3;3-6H,1-2H3;5-6H,1-4H3. The van der Waals surface area contributed by atoms with E-state index in [1.807, 2.05) is 54.2 Å². The van der Waals surface area contributed by atoms with Crippen molar-refractivity contribution in [1.29, 1.82) is 0 Å². The lowest BCUT2D eigenvalue weighted by atomic mass is 10.0. The average Bonchev–Trinajstić information content (AvgIpc) is 4.18. The van der Waals surface area contributed by atoms with Crippen molar-refractivity contribution in [2.24, 2.45) is 11.8 Å². The van der Waals surface area contributed by atoms with Crippen LogP contribution >= 0.6 is 0 Å². The summed E-state index contributed by atoms with van der Waals surface area (Å²) >= 11 is 0. The molecule has 1 aliphatic rings. The molecule has 69 heavy (non-hydrogen) atoms. The second kappa shape index (κ2) is 37.3. The Kier molecular flexibility index (Phi) is 34.8. The molecular weight excluding hydrogens is 843 g/mol. The average molecular weight is 949 g/mol. The maximum absolute atomic E-state index is 5.34. The van der Waals surface area contributed by atoms with E-state index in [2.05, 4.69) is 237 Å². The molecule has 2 aromatic carbocycles. The van der Waals surface area contributed by atoms with E-state index in [0.29, 0.717) is 35.9 Å². The van der Waals surface area contributed by atoms with Crippen LogP contribution in [0.25, 0.3) is 0 Å². The number of hydrogen-bond donors (Lipinski definition) is 0. The van der Waals surface area contributed by atoms with Crippen LogP contribution < -0.4 is 0 Å². The molecule has 0 saturated carbocycles. The van der Waals surface area contributed by atoms with Gasteiger partial charge in [-0.3, -0.25) is 4.68 Å². The number of aromatic nitrogens is 4. The van der Waals surface area contributed by atoms with Crippen molar-refractivity contribution in [1.82, 2.24) is 23.8 Å². The van der Waals surface area contributed by atoms with E-state index in [4.69, 9.17) is 4.42 Å². The number of benzene rings is 2. The van der Waals surface area contributed by atoms with Gasteiger partial charge in [0.15, 0.2) is 0 Å². The summed E-state index contributed by atoms with van der Waals surface area (Å²) in [4.78, 5) is 2.56. The minimum Gasteiger partial charge on any atom is -0.466 e. The fraction of sp³-hybridized carbons (Fsp3) is 0.571. The summed E-state index contributed by atoms with van der Waals surface area (Å²) in [6.45, 7) is 48.5. The van der Waals surface area contributed by atoms with Gasteiger partial charge in [-0.15, -0.1) is 0 Å². The summed E-state index contributed by atoms with van der Waals surface area (Å²) in [6, 6.07) is 34.0. The first kappa shape index (κ1) is 64.5. The van der Waals surface area contributed by atoms with E-state index in [0.717, 1.165) is 35.8 Å². The van der Waals surface area contributed by atoms with Gasteiger partial charge in [0.1, 0.15) is 11.5 Å². The van der Waals surface area contributed by atoms with Crippen molar-refractivity contribution in [2.75, 3.05) is 13.1 Å². The van der Waals surface area contributed by atoms with Gasteiger partial charge >= 0.3 is 0 Å². The molecule has 0 N–H and O–H groups in total. The predicted molar refractivity (Wildman–Crippen MR) is 305 cm³/mol. The Bertz CT molecular complexity index is 1900. The number of aryl methyl sites for hydroxylation is 3. The highest BCUT2D eigenvalue weighted by molar-refractivity contribution is 5.24. The number of piperidine rings is 1. The monoisotopic (exact) mass is 948 g/mol. The maximum atomic E-state index is 5.34. The first-order valence-corrected chi connectivity index (χ1v) is 26.7. The van der Waals surface area contributed by atoms with E-state index in [-0.39, 0.29) is 0 Å². The second-order valence-corrected chi connectivity index (χ2v) is 21.1. The van der Waals surface area contributed by atoms with Gasteiger partial charge in [0, 0.05) is 67.3 Å². The summed E-state index contributed by atoms with van der Waals surface area (Å²) < 4.78 is 11.6. The first-order valence-electron chi connectivity index (χ1n) is 26.7. The molecule has 0 atom stereocenters. The number of furan rings is 1. The van der Waals surface area contributed by atoms with E-state index in [9.17, 15) is 0 Å². The molecule has 0 bridgehead atoms. The smallest absolute Gasteiger partial charge is 0.106 e. The van der Waals surface area contributed by atoms with Crippen LogP contribution in [0.3, 0.4) is 0 Å². The molecule has 0 radical (unpaired) electrons. The van der Waals surface area contributed by atoms with Crippen LogP contribution in [0, 0.1) is 25.7 Å². The van der Waals surface area contributed by atoms with Crippen LogP contribution in [-0.2, 0) is 6.42 Å². The molecule has 7 rings (SSSR count). The van der Waals surface area contributed by atoms with Crippen molar-refractivity contribution in [2.45, 2.75) is 213 Å². The molecule has 6 nitrogen and oxygen atoms in total. The molecule has 0 spiro atoms. The molecule has 0 unspecified atom stereocenters. The van der Waals surface area contributed by atoms with Crippen LogP contribution in [0.4, 0.5) is 0 Å². The Hall–Kier alpha value is -4.55. The van der Waals surface area contributed by atoms with Gasteiger partial charge in [0.25, 0.3) is 0 Å². The Morgan fingerprint density at radius 3 is 1.26 bits per heavy atom. The Labute approximate surface area is 426 Å². The first-order chi connectivity index (χ1) is 32.5. The van der Waals surface area contributed by atoms with Gasteiger partial charge in [-0.1, -0.05) is 137 Å². The fourth-order valence-corrected chi connectivity index (χ4v) is 6.30. The largest absolute Gasteiger partial charge is 0.466 e. The lowest BCUT2D eigenvalue weighted by molar-refractivity contribution is 0.185. The van der Waals surface area contributed by atoms with Crippen LogP contribution in [0.15, 0.2) is 133 Å². The Balaban J connectivity index is 0.000000769. The minimum absolute atomic E-state index is 0.491. The number of hydrogen-bond acceptors (Lipinski definition) is 3. The van der Waals surface area contributed by atoms with E-state index >= 15 is 0 Å². The number of rotatable bonds is 9. The minimum atomic E-state index is 0.491. The molecule has 0 amide bonds. The number of likely N-dealkylation sites (tertiary alicyclic amines) is 1. The highest BCUT2D eigenvalue weighted by Gasteiger charge is 2.11. The molecule has 1 saturated heterocycles. The lowest BCUT2D eigenvalue weighted by Gasteiger charge is -2.29. The zero-order chi connectivity index (χ0) is 52.5. The maximum Gasteiger partial charge on any atom is 0.106 e. The van der Waals surface area contributed by atoms with Crippen molar-refractivity contribution in [3.63, 3.8) is 0 Å². The van der Waals surface area contributed by atoms with Crippen molar-refractivity contribution >= 4 is 0 Å². The summed E-state index contributed by atoms with van der Waals surface area (Å²) in [7, 11) is 0. The number of nitrogens with zero attached hydrogens (tertiary/aromatic N) is 5. The summed E-state index contributed by atoms with van der Waals surface area (Å²) in [5.74, 6) is 5.60. The van der Waals surface area contributed by atoms with Gasteiger partial charge in [-0.2, -0.15) is 5.10 Å². The highest BCUT2D eigenvalue weighted by Crippen LogP contribution is 2.17. The zero-order valence-electron chi connectivity index (χ0n) is 48.2. The van der Waals surface area contributed by atoms with Crippen LogP contribution in [0.2, 0.25) is 0 Å². The van der Waals surface area contributed by atoms with Crippen LogP contribution in [-0.4, -0.2) is 42.9 Å². The Morgan fingerprint density at radius 2 is 1.00 bits per heavy atom. The van der Waals surface area contributed by atoms with E-state index in [1.54, 1.807) is 6.20 Å². The van der Waals surface area contributed by atoms with Crippen molar-refractivity contribution in [3.05, 3.63) is 162 Å². The second-order valence-electron chi connectivity index (χ2n) is 21.1. The third-order valence-corrected chi connectivity index (χ3v) is 12.0. The molecule has 0 aliphatic carbocycles.